The van der Waals surface area contributed by atoms with E-state index in [1.807, 2.05) is 81.7 Å². The number of aliphatic hydroxyl groups is 1. The van der Waals surface area contributed by atoms with Crippen molar-refractivity contribution in [3.05, 3.63) is 94.9 Å². The van der Waals surface area contributed by atoms with Gasteiger partial charge in [0.1, 0.15) is 24.2 Å². The smallest absolute Gasteiger partial charge is 0.335 e. The summed E-state index contributed by atoms with van der Waals surface area (Å²) in [5, 5.41) is 27.1. The maximum Gasteiger partial charge on any atom is 0.335 e. The van der Waals surface area contributed by atoms with Crippen LogP contribution in [0.2, 0.25) is 0 Å². The molecule has 3 aromatic carbocycles. The van der Waals surface area contributed by atoms with E-state index in [-0.39, 0.29) is 50.3 Å². The van der Waals surface area contributed by atoms with E-state index in [0.717, 1.165) is 63.9 Å². The molecule has 1 aliphatic heterocycles. The number of benzene rings is 3. The van der Waals surface area contributed by atoms with E-state index in [9.17, 15) is 29.4 Å². The number of ether oxygens (including phenoxy) is 1. The van der Waals surface area contributed by atoms with E-state index in [4.69, 9.17) is 4.74 Å². The van der Waals surface area contributed by atoms with Gasteiger partial charge in [-0.25, -0.2) is 19.7 Å². The summed E-state index contributed by atoms with van der Waals surface area (Å²) < 4.78 is 6.02. The number of carbonyl (C=O) groups excluding carboxylic acids is 3. The first-order valence-corrected chi connectivity index (χ1v) is 21.4. The predicted molar refractivity (Wildman–Crippen MR) is 230 cm³/mol. The van der Waals surface area contributed by atoms with Gasteiger partial charge in [0.15, 0.2) is 0 Å². The van der Waals surface area contributed by atoms with Crippen LogP contribution in [-0.4, -0.2) is 85.1 Å². The highest BCUT2D eigenvalue weighted by Crippen LogP contribution is 2.39. The Morgan fingerprint density at radius 1 is 0.967 bits per heavy atom. The fraction of sp³-hybridized carbons (Fsp3) is 0.413. The molecule has 5 aromatic rings. The molecule has 0 radical (unpaired) electrons. The number of nitrogens with zero attached hydrogens (tertiary/aromatic N) is 4. The zero-order valence-electron chi connectivity index (χ0n) is 34.4. The van der Waals surface area contributed by atoms with Crippen LogP contribution < -0.4 is 15.4 Å². The van der Waals surface area contributed by atoms with Gasteiger partial charge >= 0.3 is 5.97 Å². The van der Waals surface area contributed by atoms with Crippen molar-refractivity contribution < 1.29 is 34.1 Å². The SMILES string of the molecule is Cc1ncsc1-c1ccc(CNC(=O)[C@@H]2C[C@@H](O)CN2C(=O)[C@@H](NC(=O)CCCOc2ccc3c(-c4ccc(C(=O)O)c(C5CCCC5)c4)ncnc3c2)C(C)(C)C)cc1. The molecule has 60 heavy (non-hydrogen) atoms. The molecule has 2 aliphatic rings. The van der Waals surface area contributed by atoms with E-state index < -0.39 is 35.5 Å². The van der Waals surface area contributed by atoms with Crippen LogP contribution in [0.15, 0.2) is 72.5 Å². The van der Waals surface area contributed by atoms with Crippen molar-refractivity contribution in [3.8, 4) is 27.4 Å². The minimum absolute atomic E-state index is 0.00716. The van der Waals surface area contributed by atoms with Crippen LogP contribution in [0.3, 0.4) is 0 Å². The number of rotatable bonds is 14. The molecule has 0 spiro atoms. The average molecular weight is 833 g/mol. The Hall–Kier alpha value is -5.73. The predicted octanol–water partition coefficient (Wildman–Crippen LogP) is 7.05. The van der Waals surface area contributed by atoms with Gasteiger partial charge in [-0.15, -0.1) is 11.3 Å². The van der Waals surface area contributed by atoms with Crippen LogP contribution in [-0.2, 0) is 20.9 Å². The first-order valence-electron chi connectivity index (χ1n) is 20.6. The second-order valence-electron chi connectivity index (χ2n) is 16.9. The summed E-state index contributed by atoms with van der Waals surface area (Å²) >= 11 is 1.57. The molecular formula is C46H52N6O7S. The van der Waals surface area contributed by atoms with Gasteiger partial charge in [0, 0.05) is 42.9 Å². The summed E-state index contributed by atoms with van der Waals surface area (Å²) in [5.74, 6) is -1.24. The van der Waals surface area contributed by atoms with Crippen LogP contribution >= 0.6 is 11.3 Å². The maximum atomic E-state index is 14.1. The first kappa shape index (κ1) is 42.4. The summed E-state index contributed by atoms with van der Waals surface area (Å²) in [6.07, 6.45) is 5.34. The van der Waals surface area contributed by atoms with Crippen LogP contribution in [0.1, 0.15) is 98.8 Å². The van der Waals surface area contributed by atoms with Crippen molar-refractivity contribution in [1.29, 1.82) is 0 Å². The molecule has 7 rings (SSSR count). The van der Waals surface area contributed by atoms with Gasteiger partial charge in [0.25, 0.3) is 0 Å². The summed E-state index contributed by atoms with van der Waals surface area (Å²) in [4.78, 5) is 68.6. The number of thiazole rings is 1. The molecule has 3 heterocycles. The molecule has 0 unspecified atom stereocenters. The summed E-state index contributed by atoms with van der Waals surface area (Å²) in [7, 11) is 0. The molecule has 3 atom stereocenters. The Morgan fingerprint density at radius 3 is 2.42 bits per heavy atom. The van der Waals surface area contributed by atoms with Gasteiger partial charge in [0.05, 0.1) is 45.6 Å². The molecule has 2 aromatic heterocycles. The topological polar surface area (TPSA) is 184 Å². The third-order valence-corrected chi connectivity index (χ3v) is 12.5. The van der Waals surface area contributed by atoms with Gasteiger partial charge in [-0.3, -0.25) is 14.4 Å². The minimum Gasteiger partial charge on any atom is -0.494 e. The molecule has 4 N–H and O–H groups in total. The number of aromatic carboxylic acids is 1. The normalized spacial score (nSPS) is 17.4. The lowest BCUT2D eigenvalue weighted by molar-refractivity contribution is -0.144. The Bertz CT molecular complexity index is 2370. The van der Waals surface area contributed by atoms with Gasteiger partial charge in [-0.2, -0.15) is 0 Å². The minimum atomic E-state index is -0.932. The second kappa shape index (κ2) is 18.3. The van der Waals surface area contributed by atoms with Crippen LogP contribution in [0.25, 0.3) is 32.6 Å². The highest BCUT2D eigenvalue weighted by molar-refractivity contribution is 7.13. The van der Waals surface area contributed by atoms with Crippen molar-refractivity contribution >= 4 is 45.9 Å². The number of aliphatic hydroxyl groups excluding tert-OH is 1. The first-order chi connectivity index (χ1) is 28.8. The van der Waals surface area contributed by atoms with E-state index >= 15 is 0 Å². The van der Waals surface area contributed by atoms with Gasteiger partial charge < -0.3 is 30.5 Å². The standard InChI is InChI=1S/C46H52N6O7S/c1-27-41(60-26-50-27)30-13-11-28(12-14-30)23-47-43(55)38-21-32(53)24-52(38)44(56)42(46(2,3)4)51-39(54)10-7-19-59-33-16-18-35-37(22-33)48-25-49-40(35)31-15-17-34(45(57)58)36(20-31)29-8-5-6-9-29/h11-18,20,22,25-26,29,32,38,42,53H,5-10,19,21,23-24H2,1-4H3,(H,47,55)(H,51,54)(H,57,58)/t32-,38+,42-/m1/s1. The Balaban J connectivity index is 0.932. The van der Waals surface area contributed by atoms with E-state index in [2.05, 4.69) is 25.6 Å². The highest BCUT2D eigenvalue weighted by atomic mass is 32.1. The number of nitrogens with one attached hydrogen (secondary N) is 2. The fourth-order valence-electron chi connectivity index (χ4n) is 8.27. The Kier molecular flexibility index (Phi) is 12.9. The molecule has 3 amide bonds. The van der Waals surface area contributed by atoms with Gasteiger partial charge in [-0.05, 0) is 78.5 Å². The molecular weight excluding hydrogens is 781 g/mol. The number of hydrogen-bond donors (Lipinski definition) is 4. The number of likely N-dealkylation sites (tertiary alicyclic amines) is 1. The number of carboxylic acid groups (broad SMARTS) is 1. The van der Waals surface area contributed by atoms with Gasteiger partial charge in [0.2, 0.25) is 17.7 Å². The van der Waals surface area contributed by atoms with Crippen LogP contribution in [0.4, 0.5) is 0 Å². The molecule has 314 valence electrons. The molecule has 1 aliphatic carbocycles. The van der Waals surface area contributed by atoms with Crippen LogP contribution in [0.5, 0.6) is 5.75 Å². The highest BCUT2D eigenvalue weighted by Gasteiger charge is 2.44. The summed E-state index contributed by atoms with van der Waals surface area (Å²) in [6, 6.07) is 17.0. The fourth-order valence-corrected chi connectivity index (χ4v) is 9.08. The molecule has 2 fully saturated rings. The van der Waals surface area contributed by atoms with E-state index in [0.29, 0.717) is 28.9 Å². The lowest BCUT2D eigenvalue weighted by Crippen LogP contribution is -2.57. The van der Waals surface area contributed by atoms with Crippen molar-refractivity contribution in [2.75, 3.05) is 13.2 Å². The Labute approximate surface area is 353 Å². The average Bonchev–Trinajstić information content (AvgIpc) is 4.02. The number of fused-ring (bicyclic) bond motifs is 1. The van der Waals surface area contributed by atoms with E-state index in [1.165, 1.54) is 11.2 Å². The number of β-amino-alcohol motifs (C(OH)–C–C–N with tert-alkyl or cyclic N) is 1. The number of aryl methyl sites for hydroxylation is 1. The molecule has 13 nitrogen and oxygen atoms in total. The zero-order valence-corrected chi connectivity index (χ0v) is 35.3. The second-order valence-corrected chi connectivity index (χ2v) is 17.7. The number of aromatic nitrogens is 3. The zero-order chi connectivity index (χ0) is 42.6. The number of carbonyl (C=O) groups is 4. The van der Waals surface area contributed by atoms with Crippen LogP contribution in [0, 0.1) is 12.3 Å². The number of carboxylic acids is 1. The summed E-state index contributed by atoms with van der Waals surface area (Å²) in [6.45, 7) is 8.02. The maximum absolute atomic E-state index is 14.1. The number of hydrogen-bond acceptors (Lipinski definition) is 10. The quantitative estimate of drug-likeness (QED) is 0.0846. The lowest BCUT2D eigenvalue weighted by atomic mass is 9.85. The molecule has 1 saturated carbocycles. The molecule has 14 heteroatoms. The van der Waals surface area contributed by atoms with Gasteiger partial charge in [-0.1, -0.05) is 63.9 Å². The monoisotopic (exact) mass is 832 g/mol. The van der Waals surface area contributed by atoms with Crippen molar-refractivity contribution in [2.24, 2.45) is 5.41 Å². The largest absolute Gasteiger partial charge is 0.494 e. The number of amides is 3. The van der Waals surface area contributed by atoms with Crippen molar-refractivity contribution in [2.45, 2.75) is 103 Å². The van der Waals surface area contributed by atoms with Crippen molar-refractivity contribution in [3.63, 3.8) is 0 Å². The van der Waals surface area contributed by atoms with Crippen molar-refractivity contribution in [1.82, 2.24) is 30.5 Å². The summed E-state index contributed by atoms with van der Waals surface area (Å²) in [5.41, 5.74) is 7.45. The molecule has 0 bridgehead atoms. The lowest BCUT2D eigenvalue weighted by Gasteiger charge is -2.35. The Morgan fingerprint density at radius 2 is 1.72 bits per heavy atom. The molecule has 1 saturated heterocycles. The third-order valence-electron chi connectivity index (χ3n) is 11.5. The third kappa shape index (κ3) is 9.66. The van der Waals surface area contributed by atoms with E-state index in [1.54, 1.807) is 23.5 Å².